The lowest BCUT2D eigenvalue weighted by molar-refractivity contribution is 0.0835. The van der Waals surface area contributed by atoms with Gasteiger partial charge in [-0.2, -0.15) is 4.98 Å². The van der Waals surface area contributed by atoms with Crippen LogP contribution in [-0.4, -0.2) is 52.3 Å². The standard InChI is InChI=1S/C17H21N5O3/c23-17(22-10-13(11-22)12-3-6-18-7-4-12)19-8-5-15-20-16(25-21-15)14-2-1-9-24-14/h3-4,6-7,13-14H,1-2,5,8-11H2,(H,19,23)/t14-/m1/s1. The first kappa shape index (κ1) is 16.0. The Hall–Kier alpha value is -2.48. The minimum Gasteiger partial charge on any atom is -0.368 e. The summed E-state index contributed by atoms with van der Waals surface area (Å²) >= 11 is 0. The van der Waals surface area contributed by atoms with Crippen molar-refractivity contribution in [1.82, 2.24) is 25.3 Å². The number of aromatic nitrogens is 3. The summed E-state index contributed by atoms with van der Waals surface area (Å²) in [7, 11) is 0. The number of ether oxygens (including phenoxy) is 1. The van der Waals surface area contributed by atoms with Gasteiger partial charge in [-0.15, -0.1) is 0 Å². The third kappa shape index (κ3) is 3.63. The van der Waals surface area contributed by atoms with Gasteiger partial charge in [0.05, 0.1) is 0 Å². The first-order valence-electron chi connectivity index (χ1n) is 8.66. The molecule has 25 heavy (non-hydrogen) atoms. The van der Waals surface area contributed by atoms with Gasteiger partial charge < -0.3 is 19.5 Å². The number of nitrogens with zero attached hydrogens (tertiary/aromatic N) is 4. The van der Waals surface area contributed by atoms with Crippen molar-refractivity contribution < 1.29 is 14.1 Å². The topological polar surface area (TPSA) is 93.4 Å². The fourth-order valence-electron chi connectivity index (χ4n) is 3.16. The largest absolute Gasteiger partial charge is 0.368 e. The molecule has 1 N–H and O–H groups in total. The Balaban J connectivity index is 1.19. The van der Waals surface area contributed by atoms with E-state index < -0.39 is 0 Å². The molecule has 0 aromatic carbocycles. The highest BCUT2D eigenvalue weighted by Crippen LogP contribution is 2.27. The zero-order valence-electron chi connectivity index (χ0n) is 13.9. The Morgan fingerprint density at radius 1 is 1.32 bits per heavy atom. The molecule has 2 aromatic heterocycles. The average Bonchev–Trinajstić information content (AvgIpc) is 3.26. The van der Waals surface area contributed by atoms with Crippen LogP contribution in [0, 0.1) is 0 Å². The first-order chi connectivity index (χ1) is 12.3. The predicted molar refractivity (Wildman–Crippen MR) is 87.9 cm³/mol. The van der Waals surface area contributed by atoms with Gasteiger partial charge in [-0.05, 0) is 30.5 Å². The van der Waals surface area contributed by atoms with Crippen LogP contribution in [0.25, 0.3) is 0 Å². The van der Waals surface area contributed by atoms with Crippen molar-refractivity contribution in [1.29, 1.82) is 0 Å². The monoisotopic (exact) mass is 343 g/mol. The molecule has 8 nitrogen and oxygen atoms in total. The summed E-state index contributed by atoms with van der Waals surface area (Å²) < 4.78 is 10.8. The van der Waals surface area contributed by atoms with Crippen LogP contribution < -0.4 is 5.32 Å². The second-order valence-electron chi connectivity index (χ2n) is 6.41. The Morgan fingerprint density at radius 2 is 2.16 bits per heavy atom. The third-order valence-electron chi connectivity index (χ3n) is 4.66. The summed E-state index contributed by atoms with van der Waals surface area (Å²) in [6.45, 7) is 2.71. The quantitative estimate of drug-likeness (QED) is 0.887. The lowest BCUT2D eigenvalue weighted by Crippen LogP contribution is -2.52. The highest BCUT2D eigenvalue weighted by Gasteiger charge is 2.31. The van der Waals surface area contributed by atoms with E-state index in [4.69, 9.17) is 9.26 Å². The van der Waals surface area contributed by atoms with E-state index in [0.29, 0.717) is 30.6 Å². The molecule has 4 rings (SSSR count). The summed E-state index contributed by atoms with van der Waals surface area (Å²) in [5.41, 5.74) is 1.23. The van der Waals surface area contributed by atoms with Gasteiger partial charge in [0.15, 0.2) is 5.82 Å². The zero-order chi connectivity index (χ0) is 17.1. The number of urea groups is 1. The van der Waals surface area contributed by atoms with Crippen molar-refractivity contribution in [2.75, 3.05) is 26.2 Å². The van der Waals surface area contributed by atoms with Gasteiger partial charge in [0.2, 0.25) is 0 Å². The van der Waals surface area contributed by atoms with Crippen LogP contribution in [-0.2, 0) is 11.2 Å². The van der Waals surface area contributed by atoms with Crippen molar-refractivity contribution in [3.8, 4) is 0 Å². The van der Waals surface area contributed by atoms with E-state index in [0.717, 1.165) is 32.5 Å². The predicted octanol–water partition coefficient (Wildman–Crippen LogP) is 1.67. The first-order valence-corrected chi connectivity index (χ1v) is 8.66. The fraction of sp³-hybridized carbons (Fsp3) is 0.529. The molecule has 0 aliphatic carbocycles. The summed E-state index contributed by atoms with van der Waals surface area (Å²) in [5.74, 6) is 1.55. The van der Waals surface area contributed by atoms with Crippen molar-refractivity contribution in [3.05, 3.63) is 41.8 Å². The molecule has 2 aliphatic heterocycles. The molecule has 0 saturated carbocycles. The van der Waals surface area contributed by atoms with Crippen molar-refractivity contribution in [3.63, 3.8) is 0 Å². The molecule has 2 aliphatic rings. The fourth-order valence-corrected chi connectivity index (χ4v) is 3.16. The number of amides is 2. The number of hydrogen-bond acceptors (Lipinski definition) is 6. The molecule has 2 amide bonds. The van der Waals surface area contributed by atoms with Gasteiger partial charge in [0.25, 0.3) is 5.89 Å². The Morgan fingerprint density at radius 3 is 2.92 bits per heavy atom. The maximum atomic E-state index is 12.1. The SMILES string of the molecule is O=C(NCCc1noc([C@H]2CCCO2)n1)N1CC(c2ccncc2)C1. The summed E-state index contributed by atoms with van der Waals surface area (Å²) in [5, 5.41) is 6.86. The second kappa shape index (κ2) is 7.18. The number of nitrogens with one attached hydrogen (secondary N) is 1. The second-order valence-corrected chi connectivity index (χ2v) is 6.41. The highest BCUT2D eigenvalue weighted by molar-refractivity contribution is 5.75. The van der Waals surface area contributed by atoms with Crippen molar-refractivity contribution in [2.45, 2.75) is 31.3 Å². The Bertz CT molecular complexity index is 708. The summed E-state index contributed by atoms with van der Waals surface area (Å²) in [6, 6.07) is 3.96. The minimum absolute atomic E-state index is 0.0480. The minimum atomic E-state index is -0.0675. The maximum Gasteiger partial charge on any atom is 0.317 e. The van der Waals surface area contributed by atoms with E-state index in [1.807, 2.05) is 12.1 Å². The van der Waals surface area contributed by atoms with Gasteiger partial charge in [0, 0.05) is 51.0 Å². The molecule has 0 unspecified atom stereocenters. The molecule has 1 atom stereocenters. The summed E-state index contributed by atoms with van der Waals surface area (Å²) in [6.07, 6.45) is 5.99. The van der Waals surface area contributed by atoms with Crippen LogP contribution in [0.1, 0.15) is 42.1 Å². The number of pyridine rings is 1. The highest BCUT2D eigenvalue weighted by atomic mass is 16.5. The molecule has 0 radical (unpaired) electrons. The van der Waals surface area contributed by atoms with Gasteiger partial charge >= 0.3 is 6.03 Å². The lowest BCUT2D eigenvalue weighted by Gasteiger charge is -2.39. The number of likely N-dealkylation sites (tertiary alicyclic amines) is 1. The zero-order valence-corrected chi connectivity index (χ0v) is 13.9. The molecule has 2 aromatic rings. The van der Waals surface area contributed by atoms with Crippen LogP contribution in [0.4, 0.5) is 4.79 Å². The van der Waals surface area contributed by atoms with E-state index in [9.17, 15) is 4.79 Å². The number of hydrogen-bond donors (Lipinski definition) is 1. The molecule has 0 bridgehead atoms. The van der Waals surface area contributed by atoms with Gasteiger partial charge in [0.1, 0.15) is 6.10 Å². The van der Waals surface area contributed by atoms with E-state index in [1.165, 1.54) is 5.56 Å². The van der Waals surface area contributed by atoms with E-state index in [-0.39, 0.29) is 12.1 Å². The Labute approximate surface area is 145 Å². The molecular formula is C17H21N5O3. The van der Waals surface area contributed by atoms with Crippen molar-refractivity contribution >= 4 is 6.03 Å². The van der Waals surface area contributed by atoms with Crippen LogP contribution in [0.2, 0.25) is 0 Å². The molecule has 0 spiro atoms. The normalized spacial score (nSPS) is 20.5. The van der Waals surface area contributed by atoms with Gasteiger partial charge in [-0.1, -0.05) is 5.16 Å². The molecule has 4 heterocycles. The van der Waals surface area contributed by atoms with Gasteiger partial charge in [-0.25, -0.2) is 4.79 Å². The van der Waals surface area contributed by atoms with Crippen LogP contribution in [0.5, 0.6) is 0 Å². The van der Waals surface area contributed by atoms with Crippen LogP contribution >= 0.6 is 0 Å². The van der Waals surface area contributed by atoms with E-state index in [2.05, 4.69) is 20.4 Å². The maximum absolute atomic E-state index is 12.1. The Kier molecular flexibility index (Phi) is 4.60. The third-order valence-corrected chi connectivity index (χ3v) is 4.66. The van der Waals surface area contributed by atoms with E-state index >= 15 is 0 Å². The van der Waals surface area contributed by atoms with Crippen LogP contribution in [0.3, 0.4) is 0 Å². The van der Waals surface area contributed by atoms with Crippen molar-refractivity contribution in [2.24, 2.45) is 0 Å². The average molecular weight is 343 g/mol. The lowest BCUT2D eigenvalue weighted by atomic mass is 9.93. The molecule has 2 fully saturated rings. The number of rotatable bonds is 5. The van der Waals surface area contributed by atoms with Crippen LogP contribution in [0.15, 0.2) is 29.0 Å². The molecule has 132 valence electrons. The smallest absolute Gasteiger partial charge is 0.317 e. The molecule has 8 heteroatoms. The summed E-state index contributed by atoms with van der Waals surface area (Å²) in [4.78, 5) is 22.3. The molecular weight excluding hydrogens is 322 g/mol. The van der Waals surface area contributed by atoms with E-state index in [1.54, 1.807) is 17.3 Å². The number of carbonyl (C=O) groups is 1. The number of carbonyl (C=O) groups excluding carboxylic acids is 1. The van der Waals surface area contributed by atoms with Gasteiger partial charge in [-0.3, -0.25) is 4.98 Å². The molecule has 2 saturated heterocycles.